The minimum Gasteiger partial charge on any atom is -0.455 e. The van der Waals surface area contributed by atoms with Crippen molar-refractivity contribution in [2.75, 3.05) is 18.5 Å². The Balaban J connectivity index is 1.51. The Hall–Kier alpha value is -2.62. The van der Waals surface area contributed by atoms with E-state index in [4.69, 9.17) is 27.9 Å². The molecule has 1 atom stereocenters. The number of nitrogens with zero attached hydrogens (tertiary/aromatic N) is 1. The van der Waals surface area contributed by atoms with Crippen LogP contribution in [0.3, 0.4) is 0 Å². The molecule has 0 radical (unpaired) electrons. The number of anilines is 1. The highest BCUT2D eigenvalue weighted by molar-refractivity contribution is 9.10. The SMILES string of the molecule is Cc1cc(Br)c(Cl)cc1NC(=O)COC(=O)[C@H]1CC(=O)N(NC(=O)c2ccccc2Cl)C1. The number of hydrogen-bond donors (Lipinski definition) is 2. The van der Waals surface area contributed by atoms with Gasteiger partial charge in [0.25, 0.3) is 11.8 Å². The summed E-state index contributed by atoms with van der Waals surface area (Å²) in [5.41, 5.74) is 3.90. The van der Waals surface area contributed by atoms with Crippen LogP contribution in [0.1, 0.15) is 22.3 Å². The standard InChI is InChI=1S/C21H18BrCl2N3O5/c1-11-6-14(22)16(24)8-17(11)25-18(28)10-32-21(31)12-7-19(29)27(9-12)26-20(30)13-4-2-3-5-15(13)23/h2-6,8,12H,7,9-10H2,1H3,(H,25,28)(H,26,30)/t12-/m0/s1. The largest absolute Gasteiger partial charge is 0.455 e. The van der Waals surface area contributed by atoms with E-state index in [2.05, 4.69) is 26.7 Å². The zero-order valence-corrected chi connectivity index (χ0v) is 19.9. The number of carbonyl (C=O) groups is 4. The number of nitrogens with one attached hydrogen (secondary N) is 2. The molecule has 0 aromatic heterocycles. The fourth-order valence-electron chi connectivity index (χ4n) is 3.02. The average molecular weight is 543 g/mol. The minimum atomic E-state index is -0.814. The lowest BCUT2D eigenvalue weighted by Crippen LogP contribution is -2.43. The summed E-state index contributed by atoms with van der Waals surface area (Å²) in [5, 5.41) is 4.33. The first kappa shape index (κ1) is 24.0. The molecular weight excluding hydrogens is 525 g/mol. The van der Waals surface area contributed by atoms with E-state index in [1.807, 2.05) is 0 Å². The lowest BCUT2D eigenvalue weighted by molar-refractivity contribution is -0.151. The van der Waals surface area contributed by atoms with Crippen LogP contribution in [-0.4, -0.2) is 41.9 Å². The molecule has 1 aliphatic heterocycles. The normalized spacial score (nSPS) is 15.4. The molecule has 3 amide bonds. The molecule has 3 rings (SSSR count). The molecule has 1 heterocycles. The van der Waals surface area contributed by atoms with Crippen LogP contribution in [0.5, 0.6) is 0 Å². The number of rotatable bonds is 6. The molecule has 1 fully saturated rings. The van der Waals surface area contributed by atoms with Gasteiger partial charge >= 0.3 is 5.97 Å². The van der Waals surface area contributed by atoms with Crippen molar-refractivity contribution in [3.8, 4) is 0 Å². The number of benzene rings is 2. The van der Waals surface area contributed by atoms with Crippen LogP contribution >= 0.6 is 39.1 Å². The van der Waals surface area contributed by atoms with Gasteiger partial charge in [-0.25, -0.2) is 0 Å². The van der Waals surface area contributed by atoms with Gasteiger partial charge in [0, 0.05) is 16.6 Å². The van der Waals surface area contributed by atoms with Crippen molar-refractivity contribution in [2.45, 2.75) is 13.3 Å². The summed E-state index contributed by atoms with van der Waals surface area (Å²) in [6.07, 6.45) is -0.148. The van der Waals surface area contributed by atoms with Crippen LogP contribution < -0.4 is 10.7 Å². The van der Waals surface area contributed by atoms with Crippen molar-refractivity contribution >= 4 is 68.5 Å². The molecule has 0 spiro atoms. The summed E-state index contributed by atoms with van der Waals surface area (Å²) in [4.78, 5) is 49.0. The van der Waals surface area contributed by atoms with Gasteiger partial charge in [-0.15, -0.1) is 0 Å². The maximum atomic E-state index is 12.3. The van der Waals surface area contributed by atoms with Crippen molar-refractivity contribution in [1.29, 1.82) is 0 Å². The van der Waals surface area contributed by atoms with Crippen molar-refractivity contribution in [3.63, 3.8) is 0 Å². The van der Waals surface area contributed by atoms with Crippen LogP contribution in [0.4, 0.5) is 5.69 Å². The van der Waals surface area contributed by atoms with Gasteiger partial charge in [-0.1, -0.05) is 35.3 Å². The van der Waals surface area contributed by atoms with Crippen LogP contribution in [0.15, 0.2) is 40.9 Å². The van der Waals surface area contributed by atoms with Gasteiger partial charge in [0.15, 0.2) is 6.61 Å². The van der Waals surface area contributed by atoms with Crippen molar-refractivity contribution < 1.29 is 23.9 Å². The first-order valence-corrected chi connectivity index (χ1v) is 11.0. The maximum absolute atomic E-state index is 12.3. The average Bonchev–Trinajstić information content (AvgIpc) is 3.10. The summed E-state index contributed by atoms with van der Waals surface area (Å²) in [6, 6.07) is 9.71. The zero-order chi connectivity index (χ0) is 23.4. The van der Waals surface area contributed by atoms with Crippen LogP contribution in [0, 0.1) is 12.8 Å². The summed E-state index contributed by atoms with van der Waals surface area (Å²) < 4.78 is 5.75. The number of hydrogen-bond acceptors (Lipinski definition) is 5. The predicted molar refractivity (Wildman–Crippen MR) is 122 cm³/mol. The maximum Gasteiger partial charge on any atom is 0.311 e. The van der Waals surface area contributed by atoms with Gasteiger partial charge in [-0.05, 0) is 52.7 Å². The Morgan fingerprint density at radius 1 is 1.19 bits per heavy atom. The van der Waals surface area contributed by atoms with E-state index < -0.39 is 36.2 Å². The second-order valence-electron chi connectivity index (χ2n) is 7.06. The number of amides is 3. The minimum absolute atomic E-state index is 0.0725. The molecule has 1 saturated heterocycles. The highest BCUT2D eigenvalue weighted by atomic mass is 79.9. The van der Waals surface area contributed by atoms with Crippen molar-refractivity contribution in [2.24, 2.45) is 5.92 Å². The number of ether oxygens (including phenoxy) is 1. The van der Waals surface area contributed by atoms with Gasteiger partial charge < -0.3 is 10.1 Å². The Kier molecular flexibility index (Phi) is 7.76. The second-order valence-corrected chi connectivity index (χ2v) is 8.73. The van der Waals surface area contributed by atoms with Crippen LogP contribution in [0.25, 0.3) is 0 Å². The summed E-state index contributed by atoms with van der Waals surface area (Å²) in [5.74, 6) is -3.09. The van der Waals surface area contributed by atoms with E-state index in [0.717, 1.165) is 10.6 Å². The zero-order valence-electron chi connectivity index (χ0n) is 16.8. The Morgan fingerprint density at radius 2 is 1.91 bits per heavy atom. The third-order valence-corrected chi connectivity index (χ3v) is 6.23. The molecule has 0 saturated carbocycles. The first-order chi connectivity index (χ1) is 15.2. The van der Waals surface area contributed by atoms with Gasteiger partial charge in [-0.3, -0.25) is 29.6 Å². The van der Waals surface area contributed by atoms with Crippen LogP contribution in [0.2, 0.25) is 10.0 Å². The van der Waals surface area contributed by atoms with E-state index >= 15 is 0 Å². The molecule has 2 aromatic carbocycles. The monoisotopic (exact) mass is 541 g/mol. The van der Waals surface area contributed by atoms with E-state index in [0.29, 0.717) is 15.2 Å². The van der Waals surface area contributed by atoms with Crippen LogP contribution in [-0.2, 0) is 19.1 Å². The molecular formula is C21H18BrCl2N3O5. The van der Waals surface area contributed by atoms with Gasteiger partial charge in [0.2, 0.25) is 5.91 Å². The van der Waals surface area contributed by atoms with E-state index in [1.165, 1.54) is 6.07 Å². The Labute approximate surface area is 202 Å². The third kappa shape index (κ3) is 5.79. The van der Waals surface area contributed by atoms with E-state index in [-0.39, 0.29) is 23.6 Å². The Morgan fingerprint density at radius 3 is 2.62 bits per heavy atom. The topological polar surface area (TPSA) is 105 Å². The highest BCUT2D eigenvalue weighted by Gasteiger charge is 2.37. The number of halogens is 3. The molecule has 0 unspecified atom stereocenters. The molecule has 2 N–H and O–H groups in total. The molecule has 8 nitrogen and oxygen atoms in total. The highest BCUT2D eigenvalue weighted by Crippen LogP contribution is 2.29. The molecule has 168 valence electrons. The van der Waals surface area contributed by atoms with Crippen molar-refractivity contribution in [3.05, 3.63) is 62.0 Å². The second kappa shape index (κ2) is 10.3. The van der Waals surface area contributed by atoms with Gasteiger partial charge in [0.1, 0.15) is 0 Å². The quantitative estimate of drug-likeness (QED) is 0.541. The fourth-order valence-corrected chi connectivity index (χ4v) is 3.87. The molecule has 0 bridgehead atoms. The number of esters is 1. The molecule has 2 aromatic rings. The van der Waals surface area contributed by atoms with Gasteiger partial charge in [0.05, 0.1) is 28.1 Å². The summed E-state index contributed by atoms with van der Waals surface area (Å²) >= 11 is 15.3. The summed E-state index contributed by atoms with van der Waals surface area (Å²) in [7, 11) is 0. The molecule has 32 heavy (non-hydrogen) atoms. The molecule has 0 aliphatic carbocycles. The fraction of sp³-hybridized carbons (Fsp3) is 0.238. The predicted octanol–water partition coefficient (Wildman–Crippen LogP) is 3.74. The number of carbonyl (C=O) groups excluding carboxylic acids is 4. The summed E-state index contributed by atoms with van der Waals surface area (Å²) in [6.45, 7) is 1.19. The van der Waals surface area contributed by atoms with E-state index in [1.54, 1.807) is 37.3 Å². The third-order valence-electron chi connectivity index (χ3n) is 4.70. The molecule has 11 heteroatoms. The first-order valence-electron chi connectivity index (χ1n) is 9.43. The lowest BCUT2D eigenvalue weighted by atomic mass is 10.1. The number of aryl methyl sites for hydroxylation is 1. The Bertz CT molecular complexity index is 1100. The van der Waals surface area contributed by atoms with Crippen molar-refractivity contribution in [1.82, 2.24) is 10.4 Å². The lowest BCUT2D eigenvalue weighted by Gasteiger charge is -2.18. The molecule has 1 aliphatic rings. The number of hydrazine groups is 1. The smallest absolute Gasteiger partial charge is 0.311 e. The van der Waals surface area contributed by atoms with Gasteiger partial charge in [-0.2, -0.15) is 0 Å². The van der Waals surface area contributed by atoms with E-state index in [9.17, 15) is 19.2 Å².